The molecule has 0 radical (unpaired) electrons. The molecule has 1 N–H and O–H groups in total. The number of nitrogens with zero attached hydrogens (tertiary/aromatic N) is 3. The van der Waals surface area contributed by atoms with Crippen molar-refractivity contribution in [2.24, 2.45) is 0 Å². The topological polar surface area (TPSA) is 59.8 Å². The third-order valence-electron chi connectivity index (χ3n) is 4.18. The molecule has 0 aliphatic rings. The number of thioether (sulfide) groups is 1. The summed E-state index contributed by atoms with van der Waals surface area (Å²) in [4.78, 5) is 12.5. The molecule has 5 nitrogen and oxygen atoms in total. The van der Waals surface area contributed by atoms with Crippen molar-refractivity contribution >= 4 is 23.4 Å². The van der Waals surface area contributed by atoms with Gasteiger partial charge in [-0.1, -0.05) is 48.5 Å². The van der Waals surface area contributed by atoms with Gasteiger partial charge in [-0.3, -0.25) is 4.79 Å². The molecule has 0 bridgehead atoms. The second kappa shape index (κ2) is 9.01. The van der Waals surface area contributed by atoms with Gasteiger partial charge in [0.1, 0.15) is 5.82 Å². The first-order valence-corrected chi connectivity index (χ1v) is 10.1. The highest BCUT2D eigenvalue weighted by Gasteiger charge is 2.21. The molecule has 28 heavy (non-hydrogen) atoms. The van der Waals surface area contributed by atoms with E-state index in [1.54, 1.807) is 19.1 Å². The van der Waals surface area contributed by atoms with Gasteiger partial charge in [-0.15, -0.1) is 10.2 Å². The van der Waals surface area contributed by atoms with Crippen molar-refractivity contribution < 1.29 is 9.18 Å². The predicted octanol–water partition coefficient (Wildman–Crippen LogP) is 4.92. The number of anilines is 1. The van der Waals surface area contributed by atoms with Crippen LogP contribution in [0.25, 0.3) is 11.4 Å². The fourth-order valence-corrected chi connectivity index (χ4v) is 3.70. The highest BCUT2D eigenvalue weighted by molar-refractivity contribution is 8.00. The van der Waals surface area contributed by atoms with Crippen molar-refractivity contribution in [2.45, 2.75) is 44.1 Å². The van der Waals surface area contributed by atoms with Crippen LogP contribution in [0.15, 0.2) is 53.7 Å². The van der Waals surface area contributed by atoms with E-state index in [-0.39, 0.29) is 11.7 Å². The summed E-state index contributed by atoms with van der Waals surface area (Å²) in [6, 6.07) is 14.0. The van der Waals surface area contributed by atoms with Crippen LogP contribution in [0.4, 0.5) is 10.1 Å². The zero-order valence-electron chi connectivity index (χ0n) is 16.1. The van der Waals surface area contributed by atoms with Gasteiger partial charge in [-0.2, -0.15) is 0 Å². The number of aryl methyl sites for hydroxylation is 1. The maximum absolute atomic E-state index is 13.3. The minimum Gasteiger partial charge on any atom is -0.325 e. The van der Waals surface area contributed by atoms with E-state index in [1.807, 2.05) is 29.7 Å². The third kappa shape index (κ3) is 4.78. The van der Waals surface area contributed by atoms with Crippen LogP contribution >= 0.6 is 11.8 Å². The Morgan fingerprint density at radius 1 is 1.21 bits per heavy atom. The Morgan fingerprint density at radius 2 is 2.00 bits per heavy atom. The molecule has 1 heterocycles. The lowest BCUT2D eigenvalue weighted by molar-refractivity contribution is -0.115. The molecule has 1 amide bonds. The van der Waals surface area contributed by atoms with Crippen LogP contribution in [0.3, 0.4) is 0 Å². The number of amides is 1. The summed E-state index contributed by atoms with van der Waals surface area (Å²) in [7, 11) is 0. The number of rotatable bonds is 7. The van der Waals surface area contributed by atoms with Gasteiger partial charge < -0.3 is 9.88 Å². The van der Waals surface area contributed by atoms with Crippen molar-refractivity contribution in [1.29, 1.82) is 0 Å². The average Bonchev–Trinajstić information content (AvgIpc) is 3.04. The SMILES string of the molecule is CCCn1c(SC(C)C(=O)Nc2cccc(F)c2)nnc1-c1cccc(C)c1. The van der Waals surface area contributed by atoms with Gasteiger partial charge in [-0.25, -0.2) is 4.39 Å². The van der Waals surface area contributed by atoms with Crippen molar-refractivity contribution in [1.82, 2.24) is 14.8 Å². The lowest BCUT2D eigenvalue weighted by atomic mass is 10.1. The van der Waals surface area contributed by atoms with Crippen LogP contribution in [-0.2, 0) is 11.3 Å². The van der Waals surface area contributed by atoms with Crippen LogP contribution in [0, 0.1) is 12.7 Å². The van der Waals surface area contributed by atoms with E-state index >= 15 is 0 Å². The molecule has 1 atom stereocenters. The molecule has 0 saturated carbocycles. The Bertz CT molecular complexity index is 973. The van der Waals surface area contributed by atoms with Crippen molar-refractivity contribution in [3.63, 3.8) is 0 Å². The van der Waals surface area contributed by atoms with E-state index in [4.69, 9.17) is 0 Å². The largest absolute Gasteiger partial charge is 0.325 e. The Labute approximate surface area is 168 Å². The first-order chi connectivity index (χ1) is 13.5. The number of hydrogen-bond acceptors (Lipinski definition) is 4. The Hall–Kier alpha value is -2.67. The maximum atomic E-state index is 13.3. The fourth-order valence-electron chi connectivity index (χ4n) is 2.82. The maximum Gasteiger partial charge on any atom is 0.237 e. The first kappa shape index (κ1) is 20.1. The van der Waals surface area contributed by atoms with E-state index in [1.165, 1.54) is 23.9 Å². The second-order valence-corrected chi connectivity index (χ2v) is 7.89. The zero-order valence-corrected chi connectivity index (χ0v) is 17.0. The molecule has 0 saturated heterocycles. The van der Waals surface area contributed by atoms with E-state index in [9.17, 15) is 9.18 Å². The normalized spacial score (nSPS) is 12.0. The number of halogens is 1. The Balaban J connectivity index is 1.78. The summed E-state index contributed by atoms with van der Waals surface area (Å²) >= 11 is 1.34. The standard InChI is InChI=1S/C21H23FN4OS/c1-4-11-26-19(16-8-5-7-14(2)12-16)24-25-21(26)28-15(3)20(27)23-18-10-6-9-17(22)13-18/h5-10,12-13,15H,4,11H2,1-3H3,(H,23,27). The van der Waals surface area contributed by atoms with Gasteiger partial charge in [0.05, 0.1) is 5.25 Å². The molecule has 3 rings (SSSR count). The monoisotopic (exact) mass is 398 g/mol. The van der Waals surface area contributed by atoms with Crippen LogP contribution in [0.2, 0.25) is 0 Å². The number of carbonyl (C=O) groups is 1. The van der Waals surface area contributed by atoms with Gasteiger partial charge in [0.15, 0.2) is 11.0 Å². The average molecular weight is 399 g/mol. The van der Waals surface area contributed by atoms with Crippen molar-refractivity contribution in [2.75, 3.05) is 5.32 Å². The van der Waals surface area contributed by atoms with Crippen molar-refractivity contribution in [3.8, 4) is 11.4 Å². The van der Waals surface area contributed by atoms with Crippen LogP contribution in [0.1, 0.15) is 25.8 Å². The number of hydrogen-bond donors (Lipinski definition) is 1. The molecule has 146 valence electrons. The molecule has 0 spiro atoms. The highest BCUT2D eigenvalue weighted by atomic mass is 32.2. The van der Waals surface area contributed by atoms with Gasteiger partial charge in [0.25, 0.3) is 0 Å². The molecule has 0 aliphatic heterocycles. The predicted molar refractivity (Wildman–Crippen MR) is 111 cm³/mol. The quantitative estimate of drug-likeness (QED) is 0.574. The second-order valence-electron chi connectivity index (χ2n) is 6.59. The number of aromatic nitrogens is 3. The molecule has 1 aromatic heterocycles. The van der Waals surface area contributed by atoms with Gasteiger partial charge in [-0.05, 0) is 44.5 Å². The molecule has 3 aromatic rings. The smallest absolute Gasteiger partial charge is 0.237 e. The summed E-state index contributed by atoms with van der Waals surface area (Å²) in [6.45, 7) is 6.69. The van der Waals surface area contributed by atoms with E-state index < -0.39 is 5.25 Å². The number of carbonyl (C=O) groups excluding carboxylic acids is 1. The van der Waals surface area contributed by atoms with Crippen LogP contribution in [-0.4, -0.2) is 25.9 Å². The summed E-state index contributed by atoms with van der Waals surface area (Å²) in [5, 5.41) is 11.7. The molecule has 0 aliphatic carbocycles. The molecular weight excluding hydrogens is 375 g/mol. The minimum absolute atomic E-state index is 0.209. The number of benzene rings is 2. The summed E-state index contributed by atoms with van der Waals surface area (Å²) in [5.41, 5.74) is 2.60. The van der Waals surface area contributed by atoms with E-state index in [0.717, 1.165) is 29.9 Å². The fraction of sp³-hybridized carbons (Fsp3) is 0.286. The lowest BCUT2D eigenvalue weighted by Gasteiger charge is -2.13. The summed E-state index contributed by atoms with van der Waals surface area (Å²) in [6.07, 6.45) is 0.925. The van der Waals surface area contributed by atoms with Gasteiger partial charge >= 0.3 is 0 Å². The van der Waals surface area contributed by atoms with Crippen LogP contribution < -0.4 is 5.32 Å². The van der Waals surface area contributed by atoms with Gasteiger partial charge in [0, 0.05) is 17.8 Å². The zero-order chi connectivity index (χ0) is 20.1. The summed E-state index contributed by atoms with van der Waals surface area (Å²) < 4.78 is 15.4. The third-order valence-corrected chi connectivity index (χ3v) is 5.26. The molecule has 1 unspecified atom stereocenters. The Morgan fingerprint density at radius 3 is 2.71 bits per heavy atom. The van der Waals surface area contributed by atoms with E-state index in [2.05, 4.69) is 28.5 Å². The summed E-state index contributed by atoms with van der Waals surface area (Å²) in [5.74, 6) is 0.202. The molecule has 2 aromatic carbocycles. The van der Waals surface area contributed by atoms with Gasteiger partial charge in [0.2, 0.25) is 5.91 Å². The molecular formula is C21H23FN4OS. The lowest BCUT2D eigenvalue weighted by Crippen LogP contribution is -2.23. The van der Waals surface area contributed by atoms with Crippen LogP contribution in [0.5, 0.6) is 0 Å². The minimum atomic E-state index is -0.409. The molecule has 7 heteroatoms. The Kier molecular flexibility index (Phi) is 6.46. The first-order valence-electron chi connectivity index (χ1n) is 9.21. The molecule has 0 fully saturated rings. The number of nitrogens with one attached hydrogen (secondary N) is 1. The van der Waals surface area contributed by atoms with Crippen molar-refractivity contribution in [3.05, 3.63) is 59.9 Å². The van der Waals surface area contributed by atoms with E-state index in [0.29, 0.717) is 10.8 Å². The highest BCUT2D eigenvalue weighted by Crippen LogP contribution is 2.28.